The van der Waals surface area contributed by atoms with Crippen LogP contribution >= 0.6 is 23.6 Å². The predicted octanol–water partition coefficient (Wildman–Crippen LogP) is 4.74. The minimum Gasteiger partial charge on any atom is -0.366 e. The van der Waals surface area contributed by atoms with Crippen molar-refractivity contribution in [3.05, 3.63) is 73.6 Å². The largest absolute Gasteiger partial charge is 0.366 e. The predicted molar refractivity (Wildman–Crippen MR) is 137 cm³/mol. The summed E-state index contributed by atoms with van der Waals surface area (Å²) in [5.41, 5.74) is 1.52. The Morgan fingerprint density at radius 1 is 1.06 bits per heavy atom. The highest BCUT2D eigenvalue weighted by Crippen LogP contribution is 2.31. The van der Waals surface area contributed by atoms with Crippen LogP contribution in [0.25, 0.3) is 11.3 Å². The molecular weight excluding hydrogens is 492 g/mol. The molecule has 0 unspecified atom stereocenters. The van der Waals surface area contributed by atoms with Crippen LogP contribution in [-0.2, 0) is 0 Å². The zero-order chi connectivity index (χ0) is 24.9. The van der Waals surface area contributed by atoms with E-state index >= 15 is 0 Å². The SMILES string of the molecule is O=C(NC(=S)Nc1nc(-c2cccc([N+](=O)[O-])c2)cs1)c1ccc(N2CCCCC2)c([N+](=O)[O-])c1. The van der Waals surface area contributed by atoms with Crippen LogP contribution in [0.4, 0.5) is 22.2 Å². The fourth-order valence-electron chi connectivity index (χ4n) is 3.76. The van der Waals surface area contributed by atoms with Crippen molar-refractivity contribution in [1.82, 2.24) is 10.3 Å². The van der Waals surface area contributed by atoms with E-state index in [0.717, 1.165) is 32.4 Å². The summed E-state index contributed by atoms with van der Waals surface area (Å²) in [5.74, 6) is -0.591. The number of nitro benzene ring substituents is 2. The summed E-state index contributed by atoms with van der Waals surface area (Å²) in [6.07, 6.45) is 3.04. The van der Waals surface area contributed by atoms with Gasteiger partial charge in [-0.25, -0.2) is 4.98 Å². The molecule has 1 saturated heterocycles. The van der Waals surface area contributed by atoms with E-state index in [-0.39, 0.29) is 22.1 Å². The Balaban J connectivity index is 1.43. The number of nitrogens with zero attached hydrogens (tertiary/aromatic N) is 4. The summed E-state index contributed by atoms with van der Waals surface area (Å²) in [4.78, 5) is 40.7. The number of thiocarbonyl (C=S) groups is 1. The molecule has 2 aromatic carbocycles. The smallest absolute Gasteiger partial charge is 0.293 e. The van der Waals surface area contributed by atoms with Gasteiger partial charge in [0.15, 0.2) is 10.2 Å². The first-order valence-corrected chi connectivity index (χ1v) is 12.0. The maximum atomic E-state index is 12.7. The number of hydrogen-bond acceptors (Lipinski definition) is 9. The lowest BCUT2D eigenvalue weighted by molar-refractivity contribution is -0.384. The van der Waals surface area contributed by atoms with Gasteiger partial charge in [0.25, 0.3) is 17.3 Å². The summed E-state index contributed by atoms with van der Waals surface area (Å²) in [5, 5.41) is 30.0. The van der Waals surface area contributed by atoms with Crippen molar-refractivity contribution in [2.45, 2.75) is 19.3 Å². The van der Waals surface area contributed by atoms with Crippen molar-refractivity contribution in [1.29, 1.82) is 0 Å². The Morgan fingerprint density at radius 2 is 1.83 bits per heavy atom. The summed E-state index contributed by atoms with van der Waals surface area (Å²) >= 11 is 6.41. The van der Waals surface area contributed by atoms with Crippen molar-refractivity contribution in [2.24, 2.45) is 0 Å². The van der Waals surface area contributed by atoms with Gasteiger partial charge in [-0.15, -0.1) is 11.3 Å². The van der Waals surface area contributed by atoms with Gasteiger partial charge in [-0.05, 0) is 43.6 Å². The van der Waals surface area contributed by atoms with Crippen LogP contribution < -0.4 is 15.5 Å². The number of non-ortho nitro benzene ring substituents is 1. The molecule has 1 aliphatic heterocycles. The third kappa shape index (κ3) is 5.75. The highest BCUT2D eigenvalue weighted by Gasteiger charge is 2.23. The number of anilines is 2. The summed E-state index contributed by atoms with van der Waals surface area (Å²) in [6, 6.07) is 10.5. The lowest BCUT2D eigenvalue weighted by Crippen LogP contribution is -2.34. The van der Waals surface area contributed by atoms with Gasteiger partial charge in [0.05, 0.1) is 15.5 Å². The van der Waals surface area contributed by atoms with Crippen LogP contribution in [0.1, 0.15) is 29.6 Å². The van der Waals surface area contributed by atoms with Crippen LogP contribution in [0.3, 0.4) is 0 Å². The molecule has 0 bridgehead atoms. The standard InChI is InChI=1S/C22H20N6O5S2/c29-20(15-7-8-18(19(12-15)28(32)33)26-9-2-1-3-10-26)24-21(34)25-22-23-17(13-35-22)14-5-4-6-16(11-14)27(30)31/h4-8,11-13H,1-3,9-10H2,(H2,23,24,25,29,34). The first-order valence-electron chi connectivity index (χ1n) is 10.7. The average Bonchev–Trinajstić information content (AvgIpc) is 3.32. The van der Waals surface area contributed by atoms with Gasteiger partial charge in [0.1, 0.15) is 5.69 Å². The maximum Gasteiger partial charge on any atom is 0.293 e. The van der Waals surface area contributed by atoms with E-state index in [4.69, 9.17) is 12.2 Å². The fraction of sp³-hybridized carbons (Fsp3) is 0.227. The summed E-state index contributed by atoms with van der Waals surface area (Å²) in [6.45, 7) is 1.49. The van der Waals surface area contributed by atoms with Crippen LogP contribution in [-0.4, -0.2) is 38.9 Å². The van der Waals surface area contributed by atoms with Crippen LogP contribution in [0.15, 0.2) is 47.8 Å². The Morgan fingerprint density at radius 3 is 2.54 bits per heavy atom. The molecule has 1 amide bonds. The van der Waals surface area contributed by atoms with Crippen LogP contribution in [0.2, 0.25) is 0 Å². The van der Waals surface area contributed by atoms with Crippen molar-refractivity contribution in [3.8, 4) is 11.3 Å². The molecule has 1 aliphatic rings. The quantitative estimate of drug-likeness (QED) is 0.272. The highest BCUT2D eigenvalue weighted by molar-refractivity contribution is 7.80. The van der Waals surface area contributed by atoms with Crippen LogP contribution in [0, 0.1) is 20.2 Å². The second-order valence-corrected chi connectivity index (χ2v) is 9.03. The Labute approximate surface area is 209 Å². The van der Waals surface area contributed by atoms with Gasteiger partial charge in [-0.3, -0.25) is 30.3 Å². The molecule has 0 saturated carbocycles. The van der Waals surface area contributed by atoms with Gasteiger partial charge in [-0.2, -0.15) is 0 Å². The topological polar surface area (TPSA) is 144 Å². The second-order valence-electron chi connectivity index (χ2n) is 7.76. The van der Waals surface area contributed by atoms with Crippen molar-refractivity contribution >= 4 is 56.8 Å². The third-order valence-corrected chi connectivity index (χ3v) is 6.40. The maximum absolute atomic E-state index is 12.7. The van der Waals surface area contributed by atoms with E-state index in [2.05, 4.69) is 15.6 Å². The monoisotopic (exact) mass is 512 g/mol. The van der Waals surface area contributed by atoms with Crippen molar-refractivity contribution < 1.29 is 14.6 Å². The third-order valence-electron chi connectivity index (χ3n) is 5.44. The molecule has 4 rings (SSSR count). The van der Waals surface area contributed by atoms with Gasteiger partial charge in [-0.1, -0.05) is 12.1 Å². The molecule has 11 nitrogen and oxygen atoms in total. The molecule has 180 valence electrons. The van der Waals surface area contributed by atoms with E-state index in [9.17, 15) is 25.0 Å². The number of rotatable bonds is 6. The Hall–Kier alpha value is -3.97. The van der Waals surface area contributed by atoms with Crippen molar-refractivity contribution in [2.75, 3.05) is 23.3 Å². The number of benzene rings is 2. The highest BCUT2D eigenvalue weighted by atomic mass is 32.1. The molecule has 0 spiro atoms. The second kappa shape index (κ2) is 10.5. The molecule has 1 fully saturated rings. The first-order chi connectivity index (χ1) is 16.8. The molecule has 1 aromatic heterocycles. The number of aromatic nitrogens is 1. The van der Waals surface area contributed by atoms with Gasteiger partial charge in [0.2, 0.25) is 0 Å². The molecule has 0 atom stereocenters. The number of nitro groups is 2. The normalized spacial score (nSPS) is 13.2. The summed E-state index contributed by atoms with van der Waals surface area (Å²) < 4.78 is 0. The lowest BCUT2D eigenvalue weighted by atomic mass is 10.1. The van der Waals surface area contributed by atoms with E-state index in [0.29, 0.717) is 22.1 Å². The molecule has 13 heteroatoms. The van der Waals surface area contributed by atoms with E-state index in [1.54, 1.807) is 29.6 Å². The molecule has 2 N–H and O–H groups in total. The number of thiazole rings is 1. The minimum atomic E-state index is -0.591. The molecule has 35 heavy (non-hydrogen) atoms. The molecule has 2 heterocycles. The average molecular weight is 513 g/mol. The molecule has 0 radical (unpaired) electrons. The van der Waals surface area contributed by atoms with Gasteiger partial charge >= 0.3 is 0 Å². The van der Waals surface area contributed by atoms with Crippen LogP contribution in [0.5, 0.6) is 0 Å². The molecule has 0 aliphatic carbocycles. The zero-order valence-corrected chi connectivity index (χ0v) is 19.9. The molecule has 3 aromatic rings. The number of amides is 1. The van der Waals surface area contributed by atoms with E-state index in [1.807, 2.05) is 4.90 Å². The Bertz CT molecular complexity index is 1300. The number of nitrogens with one attached hydrogen (secondary N) is 2. The van der Waals surface area contributed by atoms with E-state index in [1.165, 1.54) is 29.5 Å². The Kier molecular flexibility index (Phi) is 7.27. The minimum absolute atomic E-state index is 0.0299. The first kappa shape index (κ1) is 24.2. The number of carbonyl (C=O) groups is 1. The number of piperidine rings is 1. The number of hydrogen-bond donors (Lipinski definition) is 2. The van der Waals surface area contributed by atoms with Gasteiger partial charge in [0, 0.05) is 47.8 Å². The lowest BCUT2D eigenvalue weighted by Gasteiger charge is -2.28. The van der Waals surface area contributed by atoms with Crippen molar-refractivity contribution in [3.63, 3.8) is 0 Å². The fourth-order valence-corrected chi connectivity index (χ4v) is 4.74. The summed E-state index contributed by atoms with van der Waals surface area (Å²) in [7, 11) is 0. The zero-order valence-electron chi connectivity index (χ0n) is 18.3. The molecular formula is C22H20N6O5S2. The van der Waals surface area contributed by atoms with Gasteiger partial charge < -0.3 is 10.2 Å². The number of carbonyl (C=O) groups excluding carboxylic acids is 1. The van der Waals surface area contributed by atoms with E-state index < -0.39 is 15.8 Å².